The molecule has 1 amide bonds. The summed E-state index contributed by atoms with van der Waals surface area (Å²) in [5.41, 5.74) is -0.332. The molecule has 1 aromatic rings. The van der Waals surface area contributed by atoms with E-state index in [4.69, 9.17) is 0 Å². The number of carbonyl (C=O) groups excluding carboxylic acids is 1. The number of benzene rings is 1. The van der Waals surface area contributed by atoms with Crippen LogP contribution in [0, 0.1) is 35.2 Å². The third-order valence-electron chi connectivity index (χ3n) is 6.25. The van der Waals surface area contributed by atoms with Crippen LogP contribution in [0.2, 0.25) is 0 Å². The average Bonchev–Trinajstić information content (AvgIpc) is 2.53. The summed E-state index contributed by atoms with van der Waals surface area (Å²) >= 11 is 0. The number of anilines is 1. The number of amides is 1. The summed E-state index contributed by atoms with van der Waals surface area (Å²) in [7, 11) is 0. The highest BCUT2D eigenvalue weighted by Crippen LogP contribution is 2.55. The predicted octanol–water partition coefficient (Wildman–Crippen LogP) is 3.99. The van der Waals surface area contributed by atoms with Crippen molar-refractivity contribution in [2.45, 2.75) is 57.0 Å². The second-order valence-corrected chi connectivity index (χ2v) is 8.28. The van der Waals surface area contributed by atoms with Gasteiger partial charge in [0.25, 0.3) is 0 Å². The van der Waals surface area contributed by atoms with E-state index >= 15 is 0 Å². The molecule has 2 N–H and O–H groups in total. The van der Waals surface area contributed by atoms with Crippen molar-refractivity contribution in [1.29, 1.82) is 0 Å². The van der Waals surface area contributed by atoms with E-state index < -0.39 is 29.4 Å². The van der Waals surface area contributed by atoms with Gasteiger partial charge in [-0.3, -0.25) is 4.79 Å². The van der Waals surface area contributed by atoms with Gasteiger partial charge in [-0.25, -0.2) is 13.2 Å². The number of hydrogen-bond donors (Lipinski definition) is 2. The Hall–Kier alpha value is -1.56. The van der Waals surface area contributed by atoms with Crippen molar-refractivity contribution >= 4 is 11.6 Å². The minimum atomic E-state index is -1.57. The molecule has 25 heavy (non-hydrogen) atoms. The fourth-order valence-corrected chi connectivity index (χ4v) is 5.68. The van der Waals surface area contributed by atoms with Gasteiger partial charge in [-0.1, -0.05) is 0 Å². The van der Waals surface area contributed by atoms with Crippen LogP contribution in [-0.2, 0) is 4.79 Å². The zero-order valence-corrected chi connectivity index (χ0v) is 14.2. The van der Waals surface area contributed by atoms with E-state index in [0.717, 1.165) is 49.1 Å². The SMILES string of the molecule is C[C@H](NC12CC3CC(CC(C3)C1)C2)C(=O)Nc1ccc(F)c(F)c1F. The summed E-state index contributed by atoms with van der Waals surface area (Å²) in [4.78, 5) is 12.4. The lowest BCUT2D eigenvalue weighted by atomic mass is 9.53. The molecule has 6 heteroatoms. The van der Waals surface area contributed by atoms with Gasteiger partial charge in [0.1, 0.15) is 0 Å². The van der Waals surface area contributed by atoms with Gasteiger partial charge in [-0.2, -0.15) is 0 Å². The maximum absolute atomic E-state index is 13.8. The van der Waals surface area contributed by atoms with Gasteiger partial charge in [0.15, 0.2) is 17.5 Å². The van der Waals surface area contributed by atoms with Crippen molar-refractivity contribution in [3.05, 3.63) is 29.6 Å². The van der Waals surface area contributed by atoms with Crippen molar-refractivity contribution in [3.63, 3.8) is 0 Å². The van der Waals surface area contributed by atoms with E-state index in [2.05, 4.69) is 10.6 Å². The monoisotopic (exact) mass is 352 g/mol. The van der Waals surface area contributed by atoms with E-state index in [9.17, 15) is 18.0 Å². The summed E-state index contributed by atoms with van der Waals surface area (Å²) in [6.07, 6.45) is 7.20. The van der Waals surface area contributed by atoms with E-state index in [-0.39, 0.29) is 11.2 Å². The van der Waals surface area contributed by atoms with Crippen LogP contribution >= 0.6 is 0 Å². The summed E-state index contributed by atoms with van der Waals surface area (Å²) < 4.78 is 40.1. The topological polar surface area (TPSA) is 41.1 Å². The Morgan fingerprint density at radius 3 is 2.16 bits per heavy atom. The largest absolute Gasteiger partial charge is 0.322 e. The second kappa shape index (κ2) is 6.01. The Bertz CT molecular complexity index is 671. The van der Waals surface area contributed by atoms with Crippen molar-refractivity contribution in [2.24, 2.45) is 17.8 Å². The molecule has 0 radical (unpaired) electrons. The number of nitrogens with one attached hydrogen (secondary N) is 2. The van der Waals surface area contributed by atoms with Crippen LogP contribution in [0.5, 0.6) is 0 Å². The normalized spacial score (nSPS) is 34.2. The summed E-state index contributed by atoms with van der Waals surface area (Å²) in [5, 5.41) is 5.87. The molecule has 0 unspecified atom stereocenters. The van der Waals surface area contributed by atoms with E-state index in [1.165, 1.54) is 19.3 Å². The molecule has 4 fully saturated rings. The Morgan fingerprint density at radius 2 is 1.60 bits per heavy atom. The average molecular weight is 352 g/mol. The van der Waals surface area contributed by atoms with Crippen LogP contribution < -0.4 is 10.6 Å². The molecule has 1 aromatic carbocycles. The highest BCUT2D eigenvalue weighted by Gasteiger charge is 2.51. The Balaban J connectivity index is 1.44. The lowest BCUT2D eigenvalue weighted by Crippen LogP contribution is -2.62. The molecule has 4 saturated carbocycles. The van der Waals surface area contributed by atoms with Crippen LogP contribution in [0.3, 0.4) is 0 Å². The van der Waals surface area contributed by atoms with Crippen molar-refractivity contribution in [1.82, 2.24) is 5.32 Å². The van der Waals surface area contributed by atoms with Crippen LogP contribution in [-0.4, -0.2) is 17.5 Å². The minimum Gasteiger partial charge on any atom is -0.322 e. The molecule has 0 aliphatic heterocycles. The van der Waals surface area contributed by atoms with Crippen molar-refractivity contribution in [2.75, 3.05) is 5.32 Å². The van der Waals surface area contributed by atoms with Crippen molar-refractivity contribution in [3.8, 4) is 0 Å². The maximum Gasteiger partial charge on any atom is 0.241 e. The lowest BCUT2D eigenvalue weighted by Gasteiger charge is -2.57. The third-order valence-corrected chi connectivity index (χ3v) is 6.25. The predicted molar refractivity (Wildman–Crippen MR) is 88.4 cm³/mol. The molecule has 0 aromatic heterocycles. The first-order valence-corrected chi connectivity index (χ1v) is 9.07. The molecule has 4 aliphatic carbocycles. The van der Waals surface area contributed by atoms with Crippen LogP contribution in [0.15, 0.2) is 12.1 Å². The number of hydrogen-bond acceptors (Lipinski definition) is 2. The fourth-order valence-electron chi connectivity index (χ4n) is 5.68. The first kappa shape index (κ1) is 16.9. The first-order chi connectivity index (χ1) is 11.8. The zero-order chi connectivity index (χ0) is 17.8. The van der Waals surface area contributed by atoms with Crippen LogP contribution in [0.4, 0.5) is 18.9 Å². The van der Waals surface area contributed by atoms with Gasteiger partial charge in [0.2, 0.25) is 5.91 Å². The Kier molecular flexibility index (Phi) is 4.06. The van der Waals surface area contributed by atoms with Gasteiger partial charge in [0.05, 0.1) is 11.7 Å². The standard InChI is InChI=1S/C19H23F3N2O/c1-10(18(25)23-15-3-2-14(20)16(21)17(15)22)24-19-7-11-4-12(8-19)6-13(5-11)9-19/h2-3,10-13,24H,4-9H2,1H3,(H,23,25)/t10-,11?,12?,13?,19?/m0/s1. The Labute approximate surface area is 145 Å². The molecule has 0 saturated heterocycles. The highest BCUT2D eigenvalue weighted by atomic mass is 19.2. The molecular weight excluding hydrogens is 329 g/mol. The zero-order valence-electron chi connectivity index (χ0n) is 14.2. The van der Waals surface area contributed by atoms with Crippen LogP contribution in [0.1, 0.15) is 45.4 Å². The van der Waals surface area contributed by atoms with E-state index in [0.29, 0.717) is 0 Å². The fraction of sp³-hybridized carbons (Fsp3) is 0.632. The van der Waals surface area contributed by atoms with Crippen LogP contribution in [0.25, 0.3) is 0 Å². The van der Waals surface area contributed by atoms with Gasteiger partial charge < -0.3 is 10.6 Å². The quantitative estimate of drug-likeness (QED) is 0.805. The number of halogens is 3. The first-order valence-electron chi connectivity index (χ1n) is 9.07. The third kappa shape index (κ3) is 3.05. The molecule has 1 atom stereocenters. The molecule has 4 bridgehead atoms. The van der Waals surface area contributed by atoms with Crippen molar-refractivity contribution < 1.29 is 18.0 Å². The molecule has 3 nitrogen and oxygen atoms in total. The summed E-state index contributed by atoms with van der Waals surface area (Å²) in [6, 6.07) is 1.33. The molecule has 0 heterocycles. The molecule has 136 valence electrons. The lowest BCUT2D eigenvalue weighted by molar-refractivity contribution is -0.119. The Morgan fingerprint density at radius 1 is 1.04 bits per heavy atom. The second-order valence-electron chi connectivity index (χ2n) is 8.28. The number of rotatable bonds is 4. The van der Waals surface area contributed by atoms with Gasteiger partial charge in [0, 0.05) is 5.54 Å². The van der Waals surface area contributed by atoms with E-state index in [1.54, 1.807) is 6.92 Å². The molecule has 4 aliphatic rings. The van der Waals surface area contributed by atoms with E-state index in [1.807, 2.05) is 0 Å². The maximum atomic E-state index is 13.8. The van der Waals surface area contributed by atoms with Gasteiger partial charge in [-0.15, -0.1) is 0 Å². The smallest absolute Gasteiger partial charge is 0.241 e. The van der Waals surface area contributed by atoms with Gasteiger partial charge >= 0.3 is 0 Å². The molecule has 5 rings (SSSR count). The molecule has 0 spiro atoms. The minimum absolute atomic E-state index is 0.00189. The van der Waals surface area contributed by atoms with Gasteiger partial charge in [-0.05, 0) is 75.3 Å². The summed E-state index contributed by atoms with van der Waals surface area (Å²) in [6.45, 7) is 1.74. The highest BCUT2D eigenvalue weighted by molar-refractivity contribution is 5.94. The summed E-state index contributed by atoms with van der Waals surface area (Å²) in [5.74, 6) is -2.39. The number of carbonyl (C=O) groups is 1. The molecular formula is C19H23F3N2O.